The van der Waals surface area contributed by atoms with Crippen LogP contribution in [-0.4, -0.2) is 46.4 Å². The number of amides is 1. The first-order valence-corrected chi connectivity index (χ1v) is 13.7. The van der Waals surface area contributed by atoms with Crippen LogP contribution in [0.2, 0.25) is 0 Å². The molecule has 2 aliphatic rings. The van der Waals surface area contributed by atoms with Crippen LogP contribution in [0.5, 0.6) is 11.5 Å². The number of benzene rings is 2. The van der Waals surface area contributed by atoms with Crippen LogP contribution in [0.1, 0.15) is 47.3 Å². The predicted octanol–water partition coefficient (Wildman–Crippen LogP) is 6.17. The van der Waals surface area contributed by atoms with E-state index in [0.717, 1.165) is 36.6 Å². The molecule has 1 amide bonds. The third-order valence-electron chi connectivity index (χ3n) is 7.46. The molecule has 1 saturated carbocycles. The van der Waals surface area contributed by atoms with Crippen LogP contribution >= 0.6 is 0 Å². The first kappa shape index (κ1) is 28.6. The predicted molar refractivity (Wildman–Crippen MR) is 149 cm³/mol. The van der Waals surface area contributed by atoms with Crippen molar-refractivity contribution in [1.29, 1.82) is 0 Å². The summed E-state index contributed by atoms with van der Waals surface area (Å²) in [5.41, 5.74) is -0.0715. The zero-order valence-corrected chi connectivity index (χ0v) is 23.0. The van der Waals surface area contributed by atoms with E-state index in [9.17, 15) is 27.5 Å². The fraction of sp³-hybridized carbons (Fsp3) is 0.281. The van der Waals surface area contributed by atoms with E-state index in [-0.39, 0.29) is 40.9 Å². The highest BCUT2D eigenvalue weighted by Crippen LogP contribution is 2.48. The molecule has 2 atom stereocenters. The average Bonchev–Trinajstić information content (AvgIpc) is 3.69. The molecule has 0 spiro atoms. The van der Waals surface area contributed by atoms with E-state index in [1.807, 2.05) is 6.07 Å². The van der Waals surface area contributed by atoms with Gasteiger partial charge in [0.25, 0.3) is 5.91 Å². The number of aromatic nitrogens is 2. The van der Waals surface area contributed by atoms with E-state index in [4.69, 9.17) is 9.47 Å². The summed E-state index contributed by atoms with van der Waals surface area (Å²) >= 11 is 0. The third-order valence-corrected chi connectivity index (χ3v) is 7.46. The number of ether oxygens (including phenoxy) is 2. The van der Waals surface area contributed by atoms with Crippen molar-refractivity contribution in [3.05, 3.63) is 95.7 Å². The highest BCUT2D eigenvalue weighted by atomic mass is 19.4. The monoisotopic (exact) mass is 593 g/mol. The maximum atomic E-state index is 13.9. The number of nitrogens with one attached hydrogen (secondary N) is 1. The van der Waals surface area contributed by atoms with Gasteiger partial charge in [0, 0.05) is 40.2 Å². The van der Waals surface area contributed by atoms with Crippen LogP contribution in [0.4, 0.5) is 17.6 Å². The van der Waals surface area contributed by atoms with Gasteiger partial charge in [-0.2, -0.15) is 13.2 Å². The molecule has 222 valence electrons. The molecule has 1 aliphatic carbocycles. The van der Waals surface area contributed by atoms with Crippen molar-refractivity contribution in [2.24, 2.45) is 0 Å². The van der Waals surface area contributed by atoms with Crippen molar-refractivity contribution >= 4 is 5.91 Å². The lowest BCUT2D eigenvalue weighted by Crippen LogP contribution is -2.39. The zero-order chi connectivity index (χ0) is 30.4. The Morgan fingerprint density at radius 3 is 2.53 bits per heavy atom. The molecule has 43 heavy (non-hydrogen) atoms. The van der Waals surface area contributed by atoms with Crippen molar-refractivity contribution in [2.75, 3.05) is 13.2 Å². The van der Waals surface area contributed by atoms with Crippen molar-refractivity contribution < 1.29 is 36.9 Å². The van der Waals surface area contributed by atoms with Crippen LogP contribution in [0.25, 0.3) is 22.4 Å². The van der Waals surface area contributed by atoms with Gasteiger partial charge in [-0.3, -0.25) is 9.78 Å². The van der Waals surface area contributed by atoms with E-state index in [0.29, 0.717) is 16.9 Å². The quantitative estimate of drug-likeness (QED) is 0.238. The minimum atomic E-state index is -4.61. The Bertz CT molecular complexity index is 1660. The van der Waals surface area contributed by atoms with Gasteiger partial charge in [0.1, 0.15) is 41.1 Å². The summed E-state index contributed by atoms with van der Waals surface area (Å²) in [6.07, 6.45) is 0.745. The van der Waals surface area contributed by atoms with E-state index >= 15 is 0 Å². The second-order valence-electron chi connectivity index (χ2n) is 10.9. The molecule has 11 heteroatoms. The molecular weight excluding hydrogens is 566 g/mol. The number of alkyl halides is 3. The van der Waals surface area contributed by atoms with Crippen LogP contribution in [0.3, 0.4) is 0 Å². The van der Waals surface area contributed by atoms with Gasteiger partial charge in [-0.1, -0.05) is 6.07 Å². The normalized spacial score (nSPS) is 17.5. The molecule has 0 saturated heterocycles. The fourth-order valence-corrected chi connectivity index (χ4v) is 4.90. The molecule has 7 nitrogen and oxygen atoms in total. The van der Waals surface area contributed by atoms with E-state index in [1.165, 1.54) is 19.1 Å². The Hall–Kier alpha value is -4.51. The van der Waals surface area contributed by atoms with Gasteiger partial charge in [-0.05, 0) is 74.4 Å². The topological polar surface area (TPSA) is 93.6 Å². The molecule has 6 rings (SSSR count). The first-order valence-electron chi connectivity index (χ1n) is 13.7. The minimum absolute atomic E-state index is 0.0400. The molecule has 1 fully saturated rings. The van der Waals surface area contributed by atoms with Crippen LogP contribution in [0.15, 0.2) is 73.1 Å². The maximum absolute atomic E-state index is 13.9. The molecule has 0 radical (unpaired) electrons. The molecule has 2 aromatic heterocycles. The highest BCUT2D eigenvalue weighted by Gasteiger charge is 2.47. The highest BCUT2D eigenvalue weighted by molar-refractivity contribution is 5.96. The van der Waals surface area contributed by atoms with E-state index < -0.39 is 36.0 Å². The number of carbonyl (C=O) groups excluding carboxylic acids is 1. The molecule has 4 aromatic rings. The second kappa shape index (κ2) is 11.0. The number of pyridine rings is 2. The summed E-state index contributed by atoms with van der Waals surface area (Å²) in [5, 5.41) is 14.1. The van der Waals surface area contributed by atoms with E-state index in [1.54, 1.807) is 36.7 Å². The Morgan fingerprint density at radius 1 is 1.09 bits per heavy atom. The van der Waals surface area contributed by atoms with Crippen LogP contribution in [-0.2, 0) is 5.60 Å². The molecule has 1 aliphatic heterocycles. The lowest BCUT2D eigenvalue weighted by Gasteiger charge is -2.25. The number of hydrogen-bond donors (Lipinski definition) is 2. The maximum Gasteiger partial charge on any atom is 0.399 e. The van der Waals surface area contributed by atoms with Crippen LogP contribution < -0.4 is 14.8 Å². The summed E-state index contributed by atoms with van der Waals surface area (Å²) < 4.78 is 66.6. The summed E-state index contributed by atoms with van der Waals surface area (Å²) in [7, 11) is 0. The average molecular weight is 594 g/mol. The van der Waals surface area contributed by atoms with Crippen molar-refractivity contribution in [3.8, 4) is 33.9 Å². The molecule has 2 aromatic carbocycles. The first-order chi connectivity index (χ1) is 20.5. The zero-order valence-electron chi connectivity index (χ0n) is 23.0. The Kier molecular flexibility index (Phi) is 7.29. The number of rotatable bonds is 8. The van der Waals surface area contributed by atoms with Crippen LogP contribution in [0, 0.1) is 5.82 Å². The minimum Gasteiger partial charge on any atom is -0.490 e. The number of fused-ring (bicyclic) bond motifs is 1. The van der Waals surface area contributed by atoms with Gasteiger partial charge in [-0.25, -0.2) is 9.37 Å². The summed E-state index contributed by atoms with van der Waals surface area (Å²) in [6, 6.07) is 14.8. The molecule has 0 unspecified atom stereocenters. The van der Waals surface area contributed by atoms with E-state index in [2.05, 4.69) is 15.3 Å². The van der Waals surface area contributed by atoms with Gasteiger partial charge in [0.05, 0.1) is 18.3 Å². The lowest BCUT2D eigenvalue weighted by molar-refractivity contribution is -0.151. The Morgan fingerprint density at radius 2 is 1.86 bits per heavy atom. The third kappa shape index (κ3) is 6.03. The molecular formula is C32H27F4N3O4. The van der Waals surface area contributed by atoms with Gasteiger partial charge in [0.15, 0.2) is 0 Å². The summed E-state index contributed by atoms with van der Waals surface area (Å²) in [4.78, 5) is 21.8. The number of halogens is 4. The smallest absolute Gasteiger partial charge is 0.399 e. The van der Waals surface area contributed by atoms with Crippen molar-refractivity contribution in [2.45, 2.75) is 43.6 Å². The van der Waals surface area contributed by atoms with Gasteiger partial charge in [-0.15, -0.1) is 0 Å². The van der Waals surface area contributed by atoms with Crippen molar-refractivity contribution in [3.63, 3.8) is 0 Å². The Balaban J connectivity index is 1.29. The number of hydrogen-bond acceptors (Lipinski definition) is 6. The molecule has 2 N–H and O–H groups in total. The number of nitrogens with zero attached hydrogens (tertiary/aromatic N) is 2. The lowest BCUT2D eigenvalue weighted by atomic mass is 9.93. The molecule has 0 bridgehead atoms. The second-order valence-corrected chi connectivity index (χ2v) is 10.9. The largest absolute Gasteiger partial charge is 0.490 e. The van der Waals surface area contributed by atoms with Gasteiger partial charge in [0.2, 0.25) is 0 Å². The standard InChI is InChI=1S/C32H27F4N3O4/c1-31(41,17-38-30(40)19-6-11-26(43-22-9-10-22)23(13-19)20-3-2-12-37-15-20)27-14-24-25(32(34,35)36)16-42-29(24)28(39-27)18-4-7-21(33)8-5-18/h2-8,11-15,22,25,41H,9-10,16-17H2,1H3,(H,38,40)/t25-,31+/m1/s1. The number of aliphatic hydroxyl groups is 1. The number of carbonyl (C=O) groups is 1. The Labute approximate surface area is 244 Å². The van der Waals surface area contributed by atoms with Crippen molar-refractivity contribution in [1.82, 2.24) is 15.3 Å². The van der Waals surface area contributed by atoms with Gasteiger partial charge >= 0.3 is 6.18 Å². The summed E-state index contributed by atoms with van der Waals surface area (Å²) in [6.45, 7) is 0.347. The summed E-state index contributed by atoms with van der Waals surface area (Å²) in [5.74, 6) is -2.43. The fourth-order valence-electron chi connectivity index (χ4n) is 4.90. The van der Waals surface area contributed by atoms with Gasteiger partial charge < -0.3 is 19.9 Å². The molecule has 3 heterocycles. The SMILES string of the molecule is C[C@](O)(CNC(=O)c1ccc(OC2CC2)c(-c2cccnc2)c1)c1cc2c(c(-c3ccc(F)cc3)n1)OC[C@H]2C(F)(F)F.